The first-order valence-electron chi connectivity index (χ1n) is 9.06. The predicted octanol–water partition coefficient (Wildman–Crippen LogP) is 2.68. The van der Waals surface area contributed by atoms with Crippen LogP contribution in [-0.4, -0.2) is 61.2 Å². The summed E-state index contributed by atoms with van der Waals surface area (Å²) in [6, 6.07) is 9.48. The van der Waals surface area contributed by atoms with Crippen LogP contribution in [0.4, 0.5) is 4.39 Å². The van der Waals surface area contributed by atoms with Crippen LogP contribution in [0.2, 0.25) is 0 Å². The van der Waals surface area contributed by atoms with Gasteiger partial charge in [0.25, 0.3) is 11.8 Å². The zero-order chi connectivity index (χ0) is 20.4. The van der Waals surface area contributed by atoms with Gasteiger partial charge in [-0.15, -0.1) is 0 Å². The lowest BCUT2D eigenvalue weighted by Crippen LogP contribution is -2.51. The van der Waals surface area contributed by atoms with Gasteiger partial charge >= 0.3 is 0 Å². The molecular formula is C20H18BrFN2O5. The molecule has 0 spiro atoms. The van der Waals surface area contributed by atoms with Crippen molar-refractivity contribution in [3.05, 3.63) is 52.3 Å². The first-order chi connectivity index (χ1) is 14.0. The number of hydrogen-bond donors (Lipinski definition) is 0. The second-order valence-corrected chi connectivity index (χ2v) is 7.52. The molecule has 2 heterocycles. The molecule has 2 aliphatic heterocycles. The molecule has 0 aromatic heterocycles. The topological polar surface area (TPSA) is 68.3 Å². The fourth-order valence-corrected chi connectivity index (χ4v) is 3.53. The third-order valence-electron chi connectivity index (χ3n) is 4.78. The van der Waals surface area contributed by atoms with Gasteiger partial charge in [0.05, 0.1) is 0 Å². The van der Waals surface area contributed by atoms with E-state index in [1.54, 1.807) is 34.1 Å². The normalized spacial score (nSPS) is 15.4. The molecule has 0 unspecified atom stereocenters. The first-order valence-corrected chi connectivity index (χ1v) is 9.85. The van der Waals surface area contributed by atoms with Crippen molar-refractivity contribution in [1.29, 1.82) is 0 Å². The second-order valence-electron chi connectivity index (χ2n) is 6.60. The smallest absolute Gasteiger partial charge is 0.260 e. The average molecular weight is 465 g/mol. The van der Waals surface area contributed by atoms with Crippen molar-refractivity contribution in [3.8, 4) is 17.2 Å². The highest BCUT2D eigenvalue weighted by atomic mass is 79.9. The Kier molecular flexibility index (Phi) is 5.57. The Morgan fingerprint density at radius 1 is 1.00 bits per heavy atom. The highest BCUT2D eigenvalue weighted by Crippen LogP contribution is 2.32. The van der Waals surface area contributed by atoms with E-state index in [9.17, 15) is 14.0 Å². The number of benzene rings is 2. The van der Waals surface area contributed by atoms with E-state index < -0.39 is 5.82 Å². The SMILES string of the molecule is O=C(COc1ccc(Br)cc1F)N1CCN(C(=O)c2ccc3c(c2)OCO3)CC1. The zero-order valence-corrected chi connectivity index (χ0v) is 17.0. The number of nitrogens with zero attached hydrogens (tertiary/aromatic N) is 2. The van der Waals surface area contributed by atoms with E-state index in [0.717, 1.165) is 0 Å². The number of hydrogen-bond acceptors (Lipinski definition) is 5. The number of carbonyl (C=O) groups is 2. The Labute approximate surface area is 175 Å². The average Bonchev–Trinajstić information content (AvgIpc) is 3.20. The predicted molar refractivity (Wildman–Crippen MR) is 105 cm³/mol. The number of ether oxygens (including phenoxy) is 3. The van der Waals surface area contributed by atoms with Crippen LogP contribution in [0.3, 0.4) is 0 Å². The molecular weight excluding hydrogens is 447 g/mol. The molecule has 2 aromatic rings. The Bertz CT molecular complexity index is 946. The third kappa shape index (κ3) is 4.29. The van der Waals surface area contributed by atoms with Crippen LogP contribution >= 0.6 is 15.9 Å². The van der Waals surface area contributed by atoms with Crippen molar-refractivity contribution < 1.29 is 28.2 Å². The fraction of sp³-hybridized carbons (Fsp3) is 0.300. The van der Waals surface area contributed by atoms with E-state index in [1.807, 2.05) is 0 Å². The van der Waals surface area contributed by atoms with Gasteiger partial charge in [0.15, 0.2) is 29.7 Å². The Balaban J connectivity index is 1.29. The molecule has 0 saturated carbocycles. The molecule has 0 aliphatic carbocycles. The summed E-state index contributed by atoms with van der Waals surface area (Å²) >= 11 is 3.17. The van der Waals surface area contributed by atoms with Crippen LogP contribution in [0.15, 0.2) is 40.9 Å². The summed E-state index contributed by atoms with van der Waals surface area (Å²) in [5.41, 5.74) is 0.517. The minimum Gasteiger partial charge on any atom is -0.481 e. The number of halogens is 2. The van der Waals surface area contributed by atoms with Crippen molar-refractivity contribution in [1.82, 2.24) is 9.80 Å². The molecule has 0 bridgehead atoms. The first kappa shape index (κ1) is 19.5. The van der Waals surface area contributed by atoms with Crippen molar-refractivity contribution >= 4 is 27.7 Å². The van der Waals surface area contributed by atoms with Crippen molar-refractivity contribution in [2.24, 2.45) is 0 Å². The molecule has 4 rings (SSSR count). The minimum absolute atomic E-state index is 0.0261. The zero-order valence-electron chi connectivity index (χ0n) is 15.4. The molecule has 1 saturated heterocycles. The molecule has 9 heteroatoms. The molecule has 2 aromatic carbocycles. The van der Waals surface area contributed by atoms with Gasteiger partial charge in [0.2, 0.25) is 6.79 Å². The molecule has 1 fully saturated rings. The summed E-state index contributed by atoms with van der Waals surface area (Å²) in [4.78, 5) is 28.4. The third-order valence-corrected chi connectivity index (χ3v) is 5.28. The highest BCUT2D eigenvalue weighted by molar-refractivity contribution is 9.10. The van der Waals surface area contributed by atoms with Crippen LogP contribution in [0.1, 0.15) is 10.4 Å². The fourth-order valence-electron chi connectivity index (χ4n) is 3.19. The van der Waals surface area contributed by atoms with Gasteiger partial charge in [-0.05, 0) is 36.4 Å². The number of rotatable bonds is 4. The largest absolute Gasteiger partial charge is 0.481 e. The van der Waals surface area contributed by atoms with E-state index in [-0.39, 0.29) is 31.0 Å². The summed E-state index contributed by atoms with van der Waals surface area (Å²) in [6.45, 7) is 1.49. The van der Waals surface area contributed by atoms with Gasteiger partial charge in [-0.2, -0.15) is 0 Å². The van der Waals surface area contributed by atoms with Gasteiger partial charge in [-0.3, -0.25) is 9.59 Å². The Morgan fingerprint density at radius 2 is 1.72 bits per heavy atom. The van der Waals surface area contributed by atoms with Gasteiger partial charge in [-0.25, -0.2) is 4.39 Å². The molecule has 2 amide bonds. The Hall–Kier alpha value is -2.81. The number of amides is 2. The molecule has 7 nitrogen and oxygen atoms in total. The maximum atomic E-state index is 13.8. The van der Waals surface area contributed by atoms with E-state index >= 15 is 0 Å². The van der Waals surface area contributed by atoms with Gasteiger partial charge in [0.1, 0.15) is 0 Å². The summed E-state index contributed by atoms with van der Waals surface area (Å²) in [5.74, 6) is 0.303. The van der Waals surface area contributed by atoms with Crippen LogP contribution in [-0.2, 0) is 4.79 Å². The van der Waals surface area contributed by atoms with Crippen molar-refractivity contribution in [2.75, 3.05) is 39.6 Å². The van der Waals surface area contributed by atoms with E-state index in [2.05, 4.69) is 15.9 Å². The number of carbonyl (C=O) groups excluding carboxylic acids is 2. The maximum Gasteiger partial charge on any atom is 0.260 e. The lowest BCUT2D eigenvalue weighted by Gasteiger charge is -2.34. The lowest BCUT2D eigenvalue weighted by atomic mass is 10.1. The molecule has 0 radical (unpaired) electrons. The highest BCUT2D eigenvalue weighted by Gasteiger charge is 2.26. The summed E-state index contributed by atoms with van der Waals surface area (Å²) < 4.78 is 30.3. The van der Waals surface area contributed by atoms with E-state index in [0.29, 0.717) is 47.7 Å². The van der Waals surface area contributed by atoms with Crippen LogP contribution in [0.5, 0.6) is 17.2 Å². The van der Waals surface area contributed by atoms with Gasteiger partial charge in [0, 0.05) is 36.2 Å². The molecule has 2 aliphatic rings. The summed E-state index contributed by atoms with van der Waals surface area (Å²) in [6.07, 6.45) is 0. The monoisotopic (exact) mass is 464 g/mol. The van der Waals surface area contributed by atoms with E-state index in [1.165, 1.54) is 12.1 Å². The molecule has 0 atom stereocenters. The van der Waals surface area contributed by atoms with Crippen LogP contribution in [0.25, 0.3) is 0 Å². The standard InChI is InChI=1S/C20H18BrFN2O5/c21-14-2-4-16(15(22)10-14)27-11-19(25)23-5-7-24(8-6-23)20(26)13-1-3-17-18(9-13)29-12-28-17/h1-4,9-10H,5-8,11-12H2. The number of piperazine rings is 1. The second kappa shape index (κ2) is 8.28. The molecule has 152 valence electrons. The Morgan fingerprint density at radius 3 is 2.48 bits per heavy atom. The summed E-state index contributed by atoms with van der Waals surface area (Å²) in [5, 5.41) is 0. The summed E-state index contributed by atoms with van der Waals surface area (Å²) in [7, 11) is 0. The van der Waals surface area contributed by atoms with Gasteiger partial charge in [-0.1, -0.05) is 15.9 Å². The van der Waals surface area contributed by atoms with Crippen molar-refractivity contribution in [3.63, 3.8) is 0 Å². The number of fused-ring (bicyclic) bond motifs is 1. The molecule has 29 heavy (non-hydrogen) atoms. The lowest BCUT2D eigenvalue weighted by molar-refractivity contribution is -0.134. The van der Waals surface area contributed by atoms with Crippen LogP contribution in [0, 0.1) is 5.82 Å². The quantitative estimate of drug-likeness (QED) is 0.695. The van der Waals surface area contributed by atoms with Gasteiger partial charge < -0.3 is 24.0 Å². The van der Waals surface area contributed by atoms with Crippen LogP contribution < -0.4 is 14.2 Å². The molecule has 0 N–H and O–H groups in total. The maximum absolute atomic E-state index is 13.8. The minimum atomic E-state index is -0.536. The van der Waals surface area contributed by atoms with E-state index in [4.69, 9.17) is 14.2 Å². The van der Waals surface area contributed by atoms with Crippen molar-refractivity contribution in [2.45, 2.75) is 0 Å².